The number of amides is 1. The molecule has 34 heavy (non-hydrogen) atoms. The van der Waals surface area contributed by atoms with Crippen molar-refractivity contribution in [3.63, 3.8) is 0 Å². The molecule has 1 heterocycles. The van der Waals surface area contributed by atoms with Crippen LogP contribution in [0.25, 0.3) is 11.3 Å². The molecule has 0 spiro atoms. The van der Waals surface area contributed by atoms with E-state index in [4.69, 9.17) is 0 Å². The number of carbonyl (C=O) groups is 1. The number of thioether (sulfide) groups is 1. The maximum atomic E-state index is 13.3. The van der Waals surface area contributed by atoms with Gasteiger partial charge in [0.1, 0.15) is 5.82 Å². The van der Waals surface area contributed by atoms with Crippen molar-refractivity contribution in [1.29, 1.82) is 0 Å². The van der Waals surface area contributed by atoms with E-state index in [1.54, 1.807) is 6.26 Å². The molecule has 4 nitrogen and oxygen atoms in total. The van der Waals surface area contributed by atoms with Crippen molar-refractivity contribution >= 4 is 17.7 Å². The standard InChI is InChI=1S/C22H16F7N3OS/c1-32(11-12-7-14(21(24,25)26)9-15(8-12)22(27,28)29)19(33)17-10-30-20(34-2)31-18(17)13-3-5-16(23)6-4-13/h3-10H,11H2,1-2H3. The van der Waals surface area contributed by atoms with Crippen molar-refractivity contribution in [2.24, 2.45) is 0 Å². The average molecular weight is 503 g/mol. The second-order valence-corrected chi connectivity index (χ2v) is 7.97. The Kier molecular flexibility index (Phi) is 7.20. The number of alkyl halides is 6. The predicted octanol–water partition coefficient (Wildman–Crippen LogP) is 6.31. The summed E-state index contributed by atoms with van der Waals surface area (Å²) in [5, 5.41) is 0.311. The second kappa shape index (κ2) is 9.61. The number of hydrogen-bond donors (Lipinski definition) is 0. The van der Waals surface area contributed by atoms with Gasteiger partial charge in [-0.2, -0.15) is 26.3 Å². The Bertz CT molecular complexity index is 1160. The van der Waals surface area contributed by atoms with E-state index in [-0.39, 0.29) is 22.9 Å². The quantitative estimate of drug-likeness (QED) is 0.233. The van der Waals surface area contributed by atoms with Crippen molar-refractivity contribution < 1.29 is 35.5 Å². The number of benzene rings is 2. The molecule has 0 atom stereocenters. The Labute approximate surface area is 193 Å². The molecule has 1 aromatic heterocycles. The number of carbonyl (C=O) groups excluding carboxylic acids is 1. The van der Waals surface area contributed by atoms with Gasteiger partial charge in [-0.05, 0) is 54.3 Å². The van der Waals surface area contributed by atoms with E-state index < -0.39 is 41.7 Å². The Hall–Kier alpha value is -3.15. The van der Waals surface area contributed by atoms with Gasteiger partial charge in [0, 0.05) is 25.4 Å². The molecule has 0 aliphatic heterocycles. The molecule has 0 aliphatic carbocycles. The van der Waals surface area contributed by atoms with Crippen molar-refractivity contribution in [3.05, 3.63) is 76.7 Å². The van der Waals surface area contributed by atoms with Crippen LogP contribution in [0, 0.1) is 5.82 Å². The Morgan fingerprint density at radius 3 is 2.03 bits per heavy atom. The van der Waals surface area contributed by atoms with Crippen molar-refractivity contribution in [2.45, 2.75) is 24.1 Å². The van der Waals surface area contributed by atoms with E-state index in [9.17, 15) is 35.5 Å². The van der Waals surface area contributed by atoms with Crippen LogP contribution in [0.4, 0.5) is 30.7 Å². The Balaban J connectivity index is 1.99. The third kappa shape index (κ3) is 5.85. The van der Waals surface area contributed by atoms with Crippen molar-refractivity contribution in [3.8, 4) is 11.3 Å². The molecular formula is C22H16F7N3OS. The molecule has 0 N–H and O–H groups in total. The second-order valence-electron chi connectivity index (χ2n) is 7.20. The molecule has 0 saturated heterocycles. The topological polar surface area (TPSA) is 46.1 Å². The minimum absolute atomic E-state index is 0.0208. The molecule has 2 aromatic carbocycles. The lowest BCUT2D eigenvalue weighted by Crippen LogP contribution is -2.27. The molecule has 0 fully saturated rings. The molecule has 0 aliphatic rings. The monoisotopic (exact) mass is 503 g/mol. The molecule has 0 bridgehead atoms. The summed E-state index contributed by atoms with van der Waals surface area (Å²) in [6.07, 6.45) is -7.10. The number of nitrogens with zero attached hydrogens (tertiary/aromatic N) is 3. The minimum atomic E-state index is -5.00. The Morgan fingerprint density at radius 2 is 1.53 bits per heavy atom. The molecule has 0 radical (unpaired) electrons. The van der Waals surface area contributed by atoms with Gasteiger partial charge >= 0.3 is 12.4 Å². The van der Waals surface area contributed by atoms with E-state index in [0.29, 0.717) is 22.9 Å². The molecule has 3 aromatic rings. The van der Waals surface area contributed by atoms with Crippen LogP contribution in [0.3, 0.4) is 0 Å². The third-order valence-electron chi connectivity index (χ3n) is 4.71. The van der Waals surface area contributed by atoms with Crippen LogP contribution in [-0.2, 0) is 18.9 Å². The SMILES string of the molecule is CSc1ncc(C(=O)N(C)Cc2cc(C(F)(F)F)cc(C(F)(F)F)c2)c(-c2ccc(F)cc2)n1. The van der Waals surface area contributed by atoms with Gasteiger partial charge < -0.3 is 4.90 Å². The van der Waals surface area contributed by atoms with Gasteiger partial charge in [0.2, 0.25) is 0 Å². The minimum Gasteiger partial charge on any atom is -0.337 e. The van der Waals surface area contributed by atoms with Crippen molar-refractivity contribution in [2.75, 3.05) is 13.3 Å². The first-order chi connectivity index (χ1) is 15.8. The first-order valence-corrected chi connectivity index (χ1v) is 10.7. The highest BCUT2D eigenvalue weighted by Crippen LogP contribution is 2.36. The number of rotatable bonds is 5. The van der Waals surface area contributed by atoms with Gasteiger partial charge in [-0.3, -0.25) is 4.79 Å². The number of halogens is 7. The lowest BCUT2D eigenvalue weighted by molar-refractivity contribution is -0.143. The van der Waals surface area contributed by atoms with E-state index in [0.717, 1.165) is 17.0 Å². The van der Waals surface area contributed by atoms with Crippen LogP contribution < -0.4 is 0 Å². The molecule has 180 valence electrons. The van der Waals surface area contributed by atoms with E-state index in [2.05, 4.69) is 9.97 Å². The summed E-state index contributed by atoms with van der Waals surface area (Å²) in [5.74, 6) is -1.25. The van der Waals surface area contributed by atoms with Crippen LogP contribution in [0.5, 0.6) is 0 Å². The fourth-order valence-electron chi connectivity index (χ4n) is 3.11. The zero-order chi connectivity index (χ0) is 25.3. The summed E-state index contributed by atoms with van der Waals surface area (Å²) < 4.78 is 92.2. The maximum absolute atomic E-state index is 13.3. The molecule has 12 heteroatoms. The summed E-state index contributed by atoms with van der Waals surface area (Å²) in [5.41, 5.74) is -2.82. The van der Waals surface area contributed by atoms with Crippen molar-refractivity contribution in [1.82, 2.24) is 14.9 Å². The summed E-state index contributed by atoms with van der Waals surface area (Å²) >= 11 is 1.19. The zero-order valence-corrected chi connectivity index (χ0v) is 18.4. The molecule has 0 unspecified atom stereocenters. The molecular weight excluding hydrogens is 487 g/mol. The fourth-order valence-corrected chi connectivity index (χ4v) is 3.45. The maximum Gasteiger partial charge on any atom is 0.416 e. The normalized spacial score (nSPS) is 12.0. The van der Waals surface area contributed by atoms with Gasteiger partial charge in [0.15, 0.2) is 5.16 Å². The number of aromatic nitrogens is 2. The van der Waals surface area contributed by atoms with Gasteiger partial charge in [-0.15, -0.1) is 0 Å². The predicted molar refractivity (Wildman–Crippen MR) is 111 cm³/mol. The first kappa shape index (κ1) is 25.5. The summed E-state index contributed by atoms with van der Waals surface area (Å²) in [6.45, 7) is -0.543. The molecule has 1 amide bonds. The van der Waals surface area contributed by atoms with E-state index in [1.807, 2.05) is 0 Å². The van der Waals surface area contributed by atoms with Gasteiger partial charge in [0.25, 0.3) is 5.91 Å². The third-order valence-corrected chi connectivity index (χ3v) is 5.27. The highest BCUT2D eigenvalue weighted by atomic mass is 32.2. The highest BCUT2D eigenvalue weighted by Gasteiger charge is 2.37. The number of hydrogen-bond acceptors (Lipinski definition) is 4. The average Bonchev–Trinajstić information content (AvgIpc) is 2.77. The summed E-state index contributed by atoms with van der Waals surface area (Å²) in [7, 11) is 1.23. The van der Waals surface area contributed by atoms with Gasteiger partial charge in [-0.25, -0.2) is 14.4 Å². The van der Waals surface area contributed by atoms with E-state index in [1.165, 1.54) is 37.1 Å². The summed E-state index contributed by atoms with van der Waals surface area (Å²) in [6, 6.07) is 6.25. The molecule has 3 rings (SSSR count). The summed E-state index contributed by atoms with van der Waals surface area (Å²) in [4.78, 5) is 22.4. The fraction of sp³-hybridized carbons (Fsp3) is 0.227. The van der Waals surface area contributed by atoms with Gasteiger partial charge in [-0.1, -0.05) is 11.8 Å². The van der Waals surface area contributed by atoms with Crippen LogP contribution in [0.1, 0.15) is 27.0 Å². The largest absolute Gasteiger partial charge is 0.416 e. The zero-order valence-electron chi connectivity index (χ0n) is 17.6. The van der Waals surface area contributed by atoms with E-state index >= 15 is 0 Å². The van der Waals surface area contributed by atoms with Gasteiger partial charge in [0.05, 0.1) is 22.4 Å². The first-order valence-electron chi connectivity index (χ1n) is 9.50. The van der Waals surface area contributed by atoms with Crippen LogP contribution in [0.2, 0.25) is 0 Å². The van der Waals surface area contributed by atoms with Crippen LogP contribution >= 0.6 is 11.8 Å². The Morgan fingerprint density at radius 1 is 0.971 bits per heavy atom. The van der Waals surface area contributed by atoms with Crippen LogP contribution in [0.15, 0.2) is 53.8 Å². The molecule has 0 saturated carbocycles. The highest BCUT2D eigenvalue weighted by molar-refractivity contribution is 7.98. The van der Waals surface area contributed by atoms with Crippen LogP contribution in [-0.4, -0.2) is 34.1 Å². The lowest BCUT2D eigenvalue weighted by atomic mass is 10.0. The lowest BCUT2D eigenvalue weighted by Gasteiger charge is -2.21. The smallest absolute Gasteiger partial charge is 0.337 e.